The van der Waals surface area contributed by atoms with E-state index in [4.69, 9.17) is 9.47 Å². The number of amides is 2. The van der Waals surface area contributed by atoms with Crippen LogP contribution in [-0.4, -0.2) is 53.3 Å². The van der Waals surface area contributed by atoms with Gasteiger partial charge in [-0.15, -0.1) is 0 Å². The summed E-state index contributed by atoms with van der Waals surface area (Å²) in [6.07, 6.45) is 3.16. The summed E-state index contributed by atoms with van der Waals surface area (Å²) in [6, 6.07) is 17.7. The van der Waals surface area contributed by atoms with Gasteiger partial charge in [0.25, 0.3) is 0 Å². The highest BCUT2D eigenvalue weighted by atomic mass is 16.5. The molecule has 41 heavy (non-hydrogen) atoms. The van der Waals surface area contributed by atoms with Crippen molar-refractivity contribution in [2.24, 2.45) is 10.8 Å². The number of allylic oxidation sites excluding steroid dienone is 1. The third-order valence-electron chi connectivity index (χ3n) is 8.88. The Bertz CT molecular complexity index is 1330. The van der Waals surface area contributed by atoms with Gasteiger partial charge in [0.15, 0.2) is 0 Å². The Kier molecular flexibility index (Phi) is 8.00. The molecular formula is C34H42N2O5. The van der Waals surface area contributed by atoms with Gasteiger partial charge in [0.05, 0.1) is 12.2 Å². The van der Waals surface area contributed by atoms with Gasteiger partial charge in [-0.3, -0.25) is 9.59 Å². The molecule has 2 heterocycles. The maximum atomic E-state index is 13.6. The second kappa shape index (κ2) is 11.3. The van der Waals surface area contributed by atoms with E-state index in [-0.39, 0.29) is 48.3 Å². The van der Waals surface area contributed by atoms with E-state index < -0.39 is 11.9 Å². The predicted octanol–water partition coefficient (Wildman–Crippen LogP) is 5.85. The molecule has 2 amide bonds. The molecule has 3 atom stereocenters. The molecule has 218 valence electrons. The Morgan fingerprint density at radius 2 is 1.71 bits per heavy atom. The van der Waals surface area contributed by atoms with Crippen molar-refractivity contribution >= 4 is 17.8 Å². The number of ether oxygens (including phenoxy) is 2. The lowest BCUT2D eigenvalue weighted by Crippen LogP contribution is -2.47. The third-order valence-corrected chi connectivity index (χ3v) is 8.88. The summed E-state index contributed by atoms with van der Waals surface area (Å²) in [7, 11) is 0. The summed E-state index contributed by atoms with van der Waals surface area (Å²) < 4.78 is 11.4. The molecule has 0 N–H and O–H groups in total. The number of rotatable bonds is 8. The Morgan fingerprint density at radius 1 is 1.00 bits per heavy atom. The smallest absolute Gasteiger partial charge is 0.336 e. The van der Waals surface area contributed by atoms with Crippen LogP contribution in [0.3, 0.4) is 0 Å². The Balaban J connectivity index is 1.35. The summed E-state index contributed by atoms with van der Waals surface area (Å²) in [5.41, 5.74) is 3.14. The van der Waals surface area contributed by atoms with E-state index in [1.165, 1.54) is 4.90 Å². The molecule has 5 rings (SSSR count). The van der Waals surface area contributed by atoms with Crippen LogP contribution < -0.4 is 4.74 Å². The van der Waals surface area contributed by atoms with Crippen LogP contribution in [0.1, 0.15) is 77.3 Å². The fourth-order valence-electron chi connectivity index (χ4n) is 7.48. The number of esters is 1. The number of hydrogen-bond acceptors (Lipinski definition) is 5. The minimum atomic E-state index is -0.457. The fourth-order valence-corrected chi connectivity index (χ4v) is 7.48. The van der Waals surface area contributed by atoms with Crippen molar-refractivity contribution in [3.05, 3.63) is 77.0 Å². The van der Waals surface area contributed by atoms with E-state index in [1.807, 2.05) is 59.5 Å². The zero-order valence-electron chi connectivity index (χ0n) is 24.9. The number of likely N-dealkylation sites (tertiary alicyclic amines) is 1. The van der Waals surface area contributed by atoms with Crippen molar-refractivity contribution < 1.29 is 23.9 Å². The summed E-state index contributed by atoms with van der Waals surface area (Å²) >= 11 is 0. The highest BCUT2D eigenvalue weighted by Gasteiger charge is 2.51. The van der Waals surface area contributed by atoms with Crippen molar-refractivity contribution in [3.63, 3.8) is 0 Å². The van der Waals surface area contributed by atoms with Gasteiger partial charge in [0.1, 0.15) is 18.9 Å². The average molecular weight is 559 g/mol. The molecule has 2 aromatic rings. The molecule has 7 heteroatoms. The van der Waals surface area contributed by atoms with Crippen molar-refractivity contribution in [2.75, 3.05) is 19.7 Å². The van der Waals surface area contributed by atoms with Crippen molar-refractivity contribution in [1.82, 2.24) is 9.80 Å². The van der Waals surface area contributed by atoms with Crippen LogP contribution in [0.25, 0.3) is 0 Å². The molecule has 3 unspecified atom stereocenters. The van der Waals surface area contributed by atoms with Gasteiger partial charge >= 0.3 is 5.97 Å². The van der Waals surface area contributed by atoms with E-state index >= 15 is 0 Å². The summed E-state index contributed by atoms with van der Waals surface area (Å²) in [6.45, 7) is 11.7. The van der Waals surface area contributed by atoms with Crippen molar-refractivity contribution in [3.8, 4) is 5.75 Å². The first-order chi connectivity index (χ1) is 19.5. The van der Waals surface area contributed by atoms with Gasteiger partial charge in [0.2, 0.25) is 11.8 Å². The van der Waals surface area contributed by atoms with E-state index in [2.05, 4.69) is 20.8 Å². The number of carbonyl (C=O) groups is 3. The average Bonchev–Trinajstić information content (AvgIpc) is 3.18. The number of hydrogen-bond donors (Lipinski definition) is 0. The Labute approximate surface area is 243 Å². The maximum Gasteiger partial charge on any atom is 0.336 e. The van der Waals surface area contributed by atoms with Gasteiger partial charge in [-0.05, 0) is 67.2 Å². The lowest BCUT2D eigenvalue weighted by atomic mass is 9.65. The zero-order valence-corrected chi connectivity index (χ0v) is 24.9. The maximum absolute atomic E-state index is 13.6. The van der Waals surface area contributed by atoms with Gasteiger partial charge < -0.3 is 19.3 Å². The fraction of sp³-hybridized carbons (Fsp3) is 0.500. The molecule has 7 nitrogen and oxygen atoms in total. The van der Waals surface area contributed by atoms with Gasteiger partial charge in [-0.25, -0.2) is 4.79 Å². The van der Waals surface area contributed by atoms with Crippen LogP contribution in [0.4, 0.5) is 0 Å². The standard InChI is InChI=1S/C34H42N2O5/c1-6-40-32(39)31-23(2)35(19-30(38)36-22-34(5)18-26(36)17-33(3,4)21-34)29(37)16-28(31)25-12-14-27(15-13-25)41-20-24-10-8-7-9-11-24/h7-15,26,28H,6,16-22H2,1-5H3. The minimum Gasteiger partial charge on any atom is -0.489 e. The highest BCUT2D eigenvalue weighted by molar-refractivity contribution is 5.97. The molecule has 0 spiro atoms. The Morgan fingerprint density at radius 3 is 2.39 bits per heavy atom. The van der Waals surface area contributed by atoms with Gasteiger partial charge in [-0.1, -0.05) is 63.2 Å². The molecule has 1 saturated heterocycles. The molecule has 0 aromatic heterocycles. The largest absolute Gasteiger partial charge is 0.489 e. The first-order valence-corrected chi connectivity index (χ1v) is 14.7. The lowest BCUT2D eigenvalue weighted by molar-refractivity contribution is -0.143. The van der Waals surface area contributed by atoms with E-state index in [0.717, 1.165) is 36.9 Å². The predicted molar refractivity (Wildman–Crippen MR) is 157 cm³/mol. The second-order valence-electron chi connectivity index (χ2n) is 13.0. The molecule has 0 radical (unpaired) electrons. The van der Waals surface area contributed by atoms with Crippen LogP contribution in [0.15, 0.2) is 65.9 Å². The van der Waals surface area contributed by atoms with Gasteiger partial charge in [0, 0.05) is 30.6 Å². The van der Waals surface area contributed by atoms with Crippen LogP contribution in [0, 0.1) is 10.8 Å². The lowest BCUT2D eigenvalue weighted by Gasteiger charge is -2.39. The number of benzene rings is 2. The molecule has 3 aliphatic rings. The van der Waals surface area contributed by atoms with Gasteiger partial charge in [-0.2, -0.15) is 0 Å². The second-order valence-corrected chi connectivity index (χ2v) is 13.0. The first kappa shape index (κ1) is 28.9. The monoisotopic (exact) mass is 558 g/mol. The zero-order chi connectivity index (χ0) is 29.4. The summed E-state index contributed by atoms with van der Waals surface area (Å²) in [5.74, 6) is -0.409. The van der Waals surface area contributed by atoms with Crippen LogP contribution in [-0.2, 0) is 25.7 Å². The molecule has 2 aromatic carbocycles. The molecule has 2 aliphatic heterocycles. The molecule has 1 saturated carbocycles. The minimum absolute atomic E-state index is 0.0503. The van der Waals surface area contributed by atoms with E-state index in [0.29, 0.717) is 23.6 Å². The SMILES string of the molecule is CCOC(=O)C1=C(C)N(CC(=O)N2CC3(C)CC2CC(C)(C)C3)C(=O)CC1c1ccc(OCc2ccccc2)cc1. The topological polar surface area (TPSA) is 76.2 Å². The molecule has 2 bridgehead atoms. The van der Waals surface area contributed by atoms with Crippen LogP contribution in [0.5, 0.6) is 5.75 Å². The quantitative estimate of drug-likeness (QED) is 0.380. The first-order valence-electron chi connectivity index (χ1n) is 14.7. The normalized spacial score (nSPS) is 25.3. The van der Waals surface area contributed by atoms with Crippen molar-refractivity contribution in [1.29, 1.82) is 0 Å². The molecule has 1 aliphatic carbocycles. The molecular weight excluding hydrogens is 516 g/mol. The molecule has 2 fully saturated rings. The van der Waals surface area contributed by atoms with Crippen LogP contribution >= 0.6 is 0 Å². The van der Waals surface area contributed by atoms with E-state index in [1.54, 1.807) is 13.8 Å². The number of nitrogens with zero attached hydrogens (tertiary/aromatic N) is 2. The Hall–Kier alpha value is -3.61. The number of fused-ring (bicyclic) bond motifs is 2. The summed E-state index contributed by atoms with van der Waals surface area (Å²) in [4.78, 5) is 43.9. The van der Waals surface area contributed by atoms with E-state index in [9.17, 15) is 14.4 Å². The highest BCUT2D eigenvalue weighted by Crippen LogP contribution is 2.52. The van der Waals surface area contributed by atoms with Crippen molar-refractivity contribution in [2.45, 2.75) is 78.9 Å². The number of carbonyl (C=O) groups excluding carboxylic acids is 3. The third kappa shape index (κ3) is 6.19. The summed E-state index contributed by atoms with van der Waals surface area (Å²) in [5, 5.41) is 0. The van der Waals surface area contributed by atoms with Crippen LogP contribution in [0.2, 0.25) is 0 Å².